The molecule has 0 radical (unpaired) electrons. The van der Waals surface area contributed by atoms with Crippen LogP contribution in [-0.4, -0.2) is 53.1 Å². The highest BCUT2D eigenvalue weighted by atomic mass is 16.5. The van der Waals surface area contributed by atoms with Crippen LogP contribution < -0.4 is 9.47 Å². The zero-order valence-electron chi connectivity index (χ0n) is 15.5. The van der Waals surface area contributed by atoms with E-state index >= 15 is 0 Å². The molecule has 0 aromatic heterocycles. The highest BCUT2D eigenvalue weighted by molar-refractivity contribution is 5.43. The van der Waals surface area contributed by atoms with Gasteiger partial charge in [0, 0.05) is 26.1 Å². The predicted molar refractivity (Wildman–Crippen MR) is 102 cm³/mol. The van der Waals surface area contributed by atoms with Crippen molar-refractivity contribution in [2.45, 2.75) is 31.5 Å². The molecule has 0 saturated heterocycles. The van der Waals surface area contributed by atoms with Gasteiger partial charge < -0.3 is 29.9 Å². The van der Waals surface area contributed by atoms with Gasteiger partial charge >= 0.3 is 0 Å². The lowest BCUT2D eigenvalue weighted by Gasteiger charge is -2.33. The molecule has 0 fully saturated rings. The number of hydrogen-bond donors (Lipinski definition) is 4. The molecule has 0 aliphatic heterocycles. The Kier molecular flexibility index (Phi) is 8.06. The first kappa shape index (κ1) is 21.2. The van der Waals surface area contributed by atoms with Crippen LogP contribution in [0.4, 0.5) is 0 Å². The summed E-state index contributed by atoms with van der Waals surface area (Å²) in [6, 6.07) is 14.3. The van der Waals surface area contributed by atoms with E-state index in [-0.39, 0.29) is 13.2 Å². The third-order valence-corrected chi connectivity index (χ3v) is 4.57. The molecule has 2 aromatic rings. The van der Waals surface area contributed by atoms with E-state index in [0.29, 0.717) is 37.6 Å². The highest BCUT2D eigenvalue weighted by Gasteiger charge is 2.36. The van der Waals surface area contributed by atoms with E-state index in [2.05, 4.69) is 0 Å². The van der Waals surface area contributed by atoms with Gasteiger partial charge in [-0.15, -0.1) is 0 Å². The summed E-state index contributed by atoms with van der Waals surface area (Å²) >= 11 is 0. The summed E-state index contributed by atoms with van der Waals surface area (Å²) in [5.41, 5.74) is 0.453. The van der Waals surface area contributed by atoms with Crippen molar-refractivity contribution >= 4 is 0 Å². The lowest BCUT2D eigenvalue weighted by molar-refractivity contribution is -0.0820. The Hall–Kier alpha value is -2.12. The Labute approximate surface area is 159 Å². The summed E-state index contributed by atoms with van der Waals surface area (Å²) < 4.78 is 11.0. The third-order valence-electron chi connectivity index (χ3n) is 4.57. The van der Waals surface area contributed by atoms with E-state index in [1.165, 1.54) is 0 Å². The van der Waals surface area contributed by atoms with Crippen molar-refractivity contribution in [3.8, 4) is 11.5 Å². The SMILES string of the molecule is CC(c1ccc(OCCCO)cc1)(c1ccc(OCCCO)cc1)C(O)O. The Morgan fingerprint density at radius 3 is 1.41 bits per heavy atom. The van der Waals surface area contributed by atoms with Gasteiger partial charge in [0.05, 0.1) is 18.6 Å². The Balaban J connectivity index is 2.18. The molecule has 0 atom stereocenters. The number of rotatable bonds is 11. The Bertz CT molecular complexity index is 613. The smallest absolute Gasteiger partial charge is 0.165 e. The average molecular weight is 376 g/mol. The van der Waals surface area contributed by atoms with Gasteiger partial charge in [0.25, 0.3) is 0 Å². The maximum absolute atomic E-state index is 10.1. The molecule has 0 aliphatic rings. The minimum Gasteiger partial charge on any atom is -0.494 e. The molecule has 2 aromatic carbocycles. The van der Waals surface area contributed by atoms with Crippen LogP contribution in [0.1, 0.15) is 30.9 Å². The monoisotopic (exact) mass is 376 g/mol. The molecule has 2 rings (SSSR count). The molecule has 0 aliphatic carbocycles. The average Bonchev–Trinajstić information content (AvgIpc) is 2.69. The summed E-state index contributed by atoms with van der Waals surface area (Å²) in [5.74, 6) is 1.32. The molecule has 4 N–H and O–H groups in total. The first-order chi connectivity index (χ1) is 13.0. The standard InChI is InChI=1S/C21H28O6/c1-21(20(24)25,16-4-8-18(9-5-16)26-14-2-12-22)17-6-10-19(11-7-17)27-15-3-13-23/h4-11,20,22-25H,2-3,12-15H2,1H3. The van der Waals surface area contributed by atoms with E-state index < -0.39 is 11.7 Å². The maximum Gasteiger partial charge on any atom is 0.165 e. The fraction of sp³-hybridized carbons (Fsp3) is 0.429. The van der Waals surface area contributed by atoms with Crippen LogP contribution in [0, 0.1) is 0 Å². The molecule has 0 bridgehead atoms. The molecule has 6 nitrogen and oxygen atoms in total. The Morgan fingerprint density at radius 2 is 1.11 bits per heavy atom. The van der Waals surface area contributed by atoms with E-state index in [1.54, 1.807) is 55.5 Å². The van der Waals surface area contributed by atoms with Crippen molar-refractivity contribution in [2.24, 2.45) is 0 Å². The molecular weight excluding hydrogens is 348 g/mol. The van der Waals surface area contributed by atoms with E-state index in [1.807, 2.05) is 0 Å². The topological polar surface area (TPSA) is 99.4 Å². The molecule has 0 amide bonds. The summed E-state index contributed by atoms with van der Waals surface area (Å²) in [5, 5.41) is 37.8. The second-order valence-electron chi connectivity index (χ2n) is 6.48. The van der Waals surface area contributed by atoms with Crippen molar-refractivity contribution < 1.29 is 29.9 Å². The highest BCUT2D eigenvalue weighted by Crippen LogP contribution is 2.36. The minimum atomic E-state index is -1.60. The molecule has 0 heterocycles. The largest absolute Gasteiger partial charge is 0.494 e. The van der Waals surface area contributed by atoms with Crippen LogP contribution in [0.2, 0.25) is 0 Å². The van der Waals surface area contributed by atoms with Gasteiger partial charge in [-0.3, -0.25) is 0 Å². The van der Waals surface area contributed by atoms with Crippen LogP contribution in [0.25, 0.3) is 0 Å². The fourth-order valence-electron chi connectivity index (χ4n) is 2.77. The number of ether oxygens (including phenoxy) is 2. The van der Waals surface area contributed by atoms with Crippen LogP contribution in [-0.2, 0) is 5.41 Å². The van der Waals surface area contributed by atoms with Crippen molar-refractivity contribution in [3.63, 3.8) is 0 Å². The summed E-state index contributed by atoms with van der Waals surface area (Å²) in [6.45, 7) is 2.76. The molecule has 6 heteroatoms. The summed E-state index contributed by atoms with van der Waals surface area (Å²) in [6.07, 6.45) is -0.483. The molecule has 27 heavy (non-hydrogen) atoms. The fourth-order valence-corrected chi connectivity index (χ4v) is 2.77. The minimum absolute atomic E-state index is 0.0760. The molecule has 0 spiro atoms. The van der Waals surface area contributed by atoms with Gasteiger partial charge in [0.1, 0.15) is 11.5 Å². The molecule has 148 valence electrons. The lowest BCUT2D eigenvalue weighted by Crippen LogP contribution is -2.37. The molecule has 0 saturated carbocycles. The van der Waals surface area contributed by atoms with Crippen molar-refractivity contribution in [1.29, 1.82) is 0 Å². The van der Waals surface area contributed by atoms with Crippen LogP contribution in [0.5, 0.6) is 11.5 Å². The third kappa shape index (κ3) is 5.43. The Morgan fingerprint density at radius 1 is 0.741 bits per heavy atom. The van der Waals surface area contributed by atoms with Crippen LogP contribution in [0.15, 0.2) is 48.5 Å². The van der Waals surface area contributed by atoms with E-state index in [4.69, 9.17) is 19.7 Å². The van der Waals surface area contributed by atoms with Crippen molar-refractivity contribution in [3.05, 3.63) is 59.7 Å². The predicted octanol–water partition coefficient (Wildman–Crippen LogP) is 1.83. The number of benzene rings is 2. The maximum atomic E-state index is 10.1. The van der Waals surface area contributed by atoms with Gasteiger partial charge in [0.2, 0.25) is 0 Å². The van der Waals surface area contributed by atoms with Crippen molar-refractivity contribution in [2.75, 3.05) is 26.4 Å². The first-order valence-electron chi connectivity index (χ1n) is 9.07. The van der Waals surface area contributed by atoms with Crippen molar-refractivity contribution in [1.82, 2.24) is 0 Å². The van der Waals surface area contributed by atoms with Gasteiger partial charge in [-0.2, -0.15) is 0 Å². The van der Waals surface area contributed by atoms with E-state index in [9.17, 15) is 10.2 Å². The van der Waals surface area contributed by atoms with Crippen LogP contribution >= 0.6 is 0 Å². The summed E-state index contributed by atoms with van der Waals surface area (Å²) in [4.78, 5) is 0. The number of aliphatic hydroxyl groups excluding tert-OH is 3. The van der Waals surface area contributed by atoms with Gasteiger partial charge in [-0.1, -0.05) is 24.3 Å². The second kappa shape index (κ2) is 10.3. The molecular formula is C21H28O6. The van der Waals surface area contributed by atoms with E-state index in [0.717, 1.165) is 11.1 Å². The quantitative estimate of drug-likeness (QED) is 0.353. The second-order valence-corrected chi connectivity index (χ2v) is 6.48. The number of hydrogen-bond acceptors (Lipinski definition) is 6. The van der Waals surface area contributed by atoms with Gasteiger partial charge in [0.15, 0.2) is 6.29 Å². The van der Waals surface area contributed by atoms with Gasteiger partial charge in [-0.05, 0) is 42.3 Å². The number of aliphatic hydroxyl groups is 4. The normalized spacial score (nSPS) is 11.6. The lowest BCUT2D eigenvalue weighted by atomic mass is 9.75. The molecule has 0 unspecified atom stereocenters. The van der Waals surface area contributed by atoms with Gasteiger partial charge in [-0.25, -0.2) is 0 Å². The summed E-state index contributed by atoms with van der Waals surface area (Å²) in [7, 11) is 0. The first-order valence-corrected chi connectivity index (χ1v) is 9.07. The zero-order chi connectivity index (χ0) is 19.7. The zero-order valence-corrected chi connectivity index (χ0v) is 15.5. The van der Waals surface area contributed by atoms with Crippen LogP contribution in [0.3, 0.4) is 0 Å².